The molecule has 0 aromatic heterocycles. The van der Waals surface area contributed by atoms with Crippen LogP contribution >= 0.6 is 0 Å². The van der Waals surface area contributed by atoms with Gasteiger partial charge in [0.15, 0.2) is 0 Å². The van der Waals surface area contributed by atoms with Crippen LogP contribution in [0.1, 0.15) is 0 Å². The monoisotopic (exact) mass is 299 g/mol. The summed E-state index contributed by atoms with van der Waals surface area (Å²) in [5.74, 6) is -0.117. The highest BCUT2D eigenvalue weighted by Gasteiger charge is 2.14. The predicted molar refractivity (Wildman–Crippen MR) is 70.3 cm³/mol. The molecule has 4 nitrogen and oxygen atoms in total. The Labute approximate surface area is 115 Å². The van der Waals surface area contributed by atoms with Gasteiger partial charge < -0.3 is 4.74 Å². The van der Waals surface area contributed by atoms with Crippen molar-refractivity contribution in [3.05, 3.63) is 54.6 Å². The average molecular weight is 299 g/mol. The molecule has 0 aliphatic heterocycles. The molecule has 0 amide bonds. The second-order valence-corrected chi connectivity index (χ2v) is 5.51. The van der Waals surface area contributed by atoms with Gasteiger partial charge in [-0.1, -0.05) is 24.3 Å². The fourth-order valence-electron chi connectivity index (χ4n) is 1.55. The van der Waals surface area contributed by atoms with Crippen LogP contribution < -0.4 is 9.46 Å². The third-order valence-corrected chi connectivity index (χ3v) is 3.76. The molecule has 0 heterocycles. The van der Waals surface area contributed by atoms with E-state index in [1.165, 1.54) is 36.4 Å². The lowest BCUT2D eigenvalue weighted by atomic mass is 10.3. The van der Waals surface area contributed by atoms with Crippen molar-refractivity contribution in [2.45, 2.75) is 11.5 Å². The van der Waals surface area contributed by atoms with Gasteiger partial charge in [0.2, 0.25) is 0 Å². The van der Waals surface area contributed by atoms with E-state index in [4.69, 9.17) is 0 Å². The third kappa shape index (κ3) is 3.67. The van der Waals surface area contributed by atoms with Crippen LogP contribution in [0.25, 0.3) is 0 Å². The Kier molecular flexibility index (Phi) is 4.19. The van der Waals surface area contributed by atoms with Crippen LogP contribution in [-0.4, -0.2) is 15.0 Å². The van der Waals surface area contributed by atoms with Crippen molar-refractivity contribution >= 4 is 15.7 Å². The lowest BCUT2D eigenvalue weighted by Crippen LogP contribution is -2.13. The summed E-state index contributed by atoms with van der Waals surface area (Å²) in [4.78, 5) is 0.0835. The maximum absolute atomic E-state index is 12.1. The third-order valence-electron chi connectivity index (χ3n) is 2.36. The van der Waals surface area contributed by atoms with Gasteiger partial charge in [0, 0.05) is 6.07 Å². The topological polar surface area (TPSA) is 55.4 Å². The molecule has 1 N–H and O–H groups in total. The molecular weight excluding hydrogens is 288 g/mol. The summed E-state index contributed by atoms with van der Waals surface area (Å²) in [5.41, 5.74) is 0.145. The summed E-state index contributed by atoms with van der Waals surface area (Å²) in [5, 5.41) is 0. The highest BCUT2D eigenvalue weighted by Crippen LogP contribution is 2.22. The van der Waals surface area contributed by atoms with E-state index in [-0.39, 0.29) is 16.3 Å². The summed E-state index contributed by atoms with van der Waals surface area (Å²) >= 11 is 0. The Bertz CT molecular complexity index is 675. The number of benzene rings is 2. The summed E-state index contributed by atoms with van der Waals surface area (Å²) in [6.45, 7) is -2.96. The Morgan fingerprint density at radius 1 is 1.00 bits per heavy atom. The van der Waals surface area contributed by atoms with Crippen LogP contribution in [0.3, 0.4) is 0 Å². The second kappa shape index (κ2) is 5.87. The van der Waals surface area contributed by atoms with Crippen LogP contribution in [0.5, 0.6) is 5.75 Å². The van der Waals surface area contributed by atoms with E-state index in [2.05, 4.69) is 9.46 Å². The number of nitrogens with one attached hydrogen (secondary N) is 1. The molecule has 2 aromatic carbocycles. The maximum Gasteiger partial charge on any atom is 0.387 e. The fraction of sp³-hybridized carbons (Fsp3) is 0.0769. The van der Waals surface area contributed by atoms with Gasteiger partial charge in [-0.05, 0) is 24.3 Å². The van der Waals surface area contributed by atoms with E-state index >= 15 is 0 Å². The molecule has 0 bridgehead atoms. The van der Waals surface area contributed by atoms with Crippen LogP contribution in [-0.2, 0) is 10.0 Å². The van der Waals surface area contributed by atoms with Crippen LogP contribution in [0, 0.1) is 0 Å². The summed E-state index contributed by atoms with van der Waals surface area (Å²) in [7, 11) is -3.75. The number of sulfonamides is 1. The molecular formula is C13H11F2NO3S. The minimum Gasteiger partial charge on any atom is -0.435 e. The lowest BCUT2D eigenvalue weighted by Gasteiger charge is -2.10. The Balaban J connectivity index is 2.22. The van der Waals surface area contributed by atoms with E-state index in [1.807, 2.05) is 0 Å². The molecule has 0 radical (unpaired) electrons. The van der Waals surface area contributed by atoms with Crippen molar-refractivity contribution in [2.24, 2.45) is 0 Å². The molecule has 0 spiro atoms. The van der Waals surface area contributed by atoms with Crippen molar-refractivity contribution in [3.63, 3.8) is 0 Å². The van der Waals surface area contributed by atoms with Gasteiger partial charge in [-0.3, -0.25) is 4.72 Å². The number of rotatable bonds is 5. The number of anilines is 1. The molecule has 2 rings (SSSR count). The first-order chi connectivity index (χ1) is 9.47. The van der Waals surface area contributed by atoms with Crippen molar-refractivity contribution < 1.29 is 21.9 Å². The van der Waals surface area contributed by atoms with Crippen molar-refractivity contribution in [1.29, 1.82) is 0 Å². The van der Waals surface area contributed by atoms with Crippen LogP contribution in [0.4, 0.5) is 14.5 Å². The second-order valence-electron chi connectivity index (χ2n) is 3.82. The fourth-order valence-corrected chi connectivity index (χ4v) is 2.62. The van der Waals surface area contributed by atoms with E-state index in [1.54, 1.807) is 18.2 Å². The molecule has 0 atom stereocenters. The largest absolute Gasteiger partial charge is 0.435 e. The number of hydrogen-bond acceptors (Lipinski definition) is 3. The molecule has 106 valence electrons. The SMILES string of the molecule is O=S(=O)(Nc1cccc(OC(F)F)c1)c1ccccc1. The molecule has 0 fully saturated rings. The smallest absolute Gasteiger partial charge is 0.387 e. The van der Waals surface area contributed by atoms with Gasteiger partial charge in [-0.15, -0.1) is 0 Å². The van der Waals surface area contributed by atoms with Crippen LogP contribution in [0.2, 0.25) is 0 Å². The number of halogens is 2. The molecule has 7 heteroatoms. The number of ether oxygens (including phenoxy) is 1. The molecule has 20 heavy (non-hydrogen) atoms. The van der Waals surface area contributed by atoms with Gasteiger partial charge in [-0.2, -0.15) is 8.78 Å². The van der Waals surface area contributed by atoms with E-state index < -0.39 is 16.6 Å². The molecule has 0 saturated carbocycles. The van der Waals surface area contributed by atoms with E-state index in [9.17, 15) is 17.2 Å². The zero-order valence-electron chi connectivity index (χ0n) is 10.2. The van der Waals surface area contributed by atoms with Crippen LogP contribution in [0.15, 0.2) is 59.5 Å². The predicted octanol–water partition coefficient (Wildman–Crippen LogP) is 3.09. The maximum atomic E-state index is 12.1. The van der Waals surface area contributed by atoms with Gasteiger partial charge in [0.05, 0.1) is 10.6 Å². The quantitative estimate of drug-likeness (QED) is 0.923. The molecule has 0 aliphatic rings. The van der Waals surface area contributed by atoms with E-state index in [0.717, 1.165) is 0 Å². The average Bonchev–Trinajstić information content (AvgIpc) is 2.39. The Morgan fingerprint density at radius 2 is 1.70 bits per heavy atom. The normalized spacial score (nSPS) is 11.3. The lowest BCUT2D eigenvalue weighted by molar-refractivity contribution is -0.0497. The molecule has 0 aliphatic carbocycles. The Hall–Kier alpha value is -2.15. The summed E-state index contributed by atoms with van der Waals surface area (Å²) in [6.07, 6.45) is 0. The molecule has 0 saturated heterocycles. The first-order valence-electron chi connectivity index (χ1n) is 5.60. The minimum atomic E-state index is -3.75. The molecule has 0 unspecified atom stereocenters. The summed E-state index contributed by atoms with van der Waals surface area (Å²) in [6, 6.07) is 13.1. The zero-order valence-corrected chi connectivity index (χ0v) is 11.0. The first-order valence-corrected chi connectivity index (χ1v) is 7.08. The van der Waals surface area contributed by atoms with Crippen molar-refractivity contribution in [3.8, 4) is 5.75 Å². The molecule has 2 aromatic rings. The zero-order chi connectivity index (χ0) is 14.6. The standard InChI is InChI=1S/C13H11F2NO3S/c14-13(15)19-11-6-4-5-10(9-11)16-20(17,18)12-7-2-1-3-8-12/h1-9,13,16H. The highest BCUT2D eigenvalue weighted by molar-refractivity contribution is 7.92. The summed E-state index contributed by atoms with van der Waals surface area (Å²) < 4.78 is 54.8. The first kappa shape index (κ1) is 14.3. The highest BCUT2D eigenvalue weighted by atomic mass is 32.2. The number of alkyl halides is 2. The van der Waals surface area contributed by atoms with Gasteiger partial charge >= 0.3 is 6.61 Å². The van der Waals surface area contributed by atoms with Gasteiger partial charge in [-0.25, -0.2) is 8.42 Å². The minimum absolute atomic E-state index is 0.0835. The van der Waals surface area contributed by atoms with Gasteiger partial charge in [0.1, 0.15) is 5.75 Å². The van der Waals surface area contributed by atoms with Crippen molar-refractivity contribution in [1.82, 2.24) is 0 Å². The number of hydrogen-bond donors (Lipinski definition) is 1. The Morgan fingerprint density at radius 3 is 2.35 bits per heavy atom. The van der Waals surface area contributed by atoms with E-state index in [0.29, 0.717) is 0 Å². The van der Waals surface area contributed by atoms with Crippen molar-refractivity contribution in [2.75, 3.05) is 4.72 Å². The van der Waals surface area contributed by atoms with Gasteiger partial charge in [0.25, 0.3) is 10.0 Å².